The molecular formula is C20H23FN2O6S2. The monoisotopic (exact) mass is 470 g/mol. The van der Waals surface area contributed by atoms with Crippen LogP contribution in [0.15, 0.2) is 53.4 Å². The van der Waals surface area contributed by atoms with Crippen LogP contribution in [0.1, 0.15) is 20.3 Å². The van der Waals surface area contributed by atoms with Gasteiger partial charge >= 0.3 is 0 Å². The zero-order chi connectivity index (χ0) is 22.9. The van der Waals surface area contributed by atoms with E-state index in [2.05, 4.69) is 10.0 Å². The normalized spacial score (nSPS) is 18.5. The highest BCUT2D eigenvalue weighted by molar-refractivity contribution is 7.92. The van der Waals surface area contributed by atoms with E-state index < -0.39 is 43.2 Å². The minimum absolute atomic E-state index is 0.0407. The van der Waals surface area contributed by atoms with Gasteiger partial charge in [0.15, 0.2) is 15.4 Å². The Morgan fingerprint density at radius 3 is 2.26 bits per heavy atom. The summed E-state index contributed by atoms with van der Waals surface area (Å²) in [5.74, 6) is -0.844. The lowest BCUT2D eigenvalue weighted by atomic mass is 10.1. The van der Waals surface area contributed by atoms with Gasteiger partial charge in [-0.05, 0) is 68.8 Å². The molecule has 1 heterocycles. The standard InChI is InChI=1S/C20H23FN2O6S2/c1-20(2,29-17-7-3-14(21)4-8-17)19(24)22-15-5-9-18(10-6-15)31(27,28)23-16-11-12-30(25,26)13-16/h3-10,16,23H,11-13H2,1-2H3,(H,22,24)/t16-/m0/s1. The van der Waals surface area contributed by atoms with Gasteiger partial charge in [0, 0.05) is 11.7 Å². The molecule has 0 bridgehead atoms. The highest BCUT2D eigenvalue weighted by atomic mass is 32.2. The van der Waals surface area contributed by atoms with Crippen LogP contribution in [0.2, 0.25) is 0 Å². The summed E-state index contributed by atoms with van der Waals surface area (Å²) in [5, 5.41) is 2.64. The first-order valence-electron chi connectivity index (χ1n) is 9.45. The van der Waals surface area contributed by atoms with Crippen molar-refractivity contribution in [3.63, 3.8) is 0 Å². The number of carbonyl (C=O) groups excluding carboxylic acids is 1. The molecule has 31 heavy (non-hydrogen) atoms. The van der Waals surface area contributed by atoms with Crippen LogP contribution < -0.4 is 14.8 Å². The van der Waals surface area contributed by atoms with E-state index in [0.717, 1.165) is 0 Å². The second-order valence-electron chi connectivity index (χ2n) is 7.77. The quantitative estimate of drug-likeness (QED) is 0.640. The molecule has 1 aliphatic rings. The van der Waals surface area contributed by atoms with Gasteiger partial charge in [0.25, 0.3) is 5.91 Å². The molecule has 1 fully saturated rings. The number of sulfone groups is 1. The summed E-state index contributed by atoms with van der Waals surface area (Å²) in [7, 11) is -7.11. The number of rotatable bonds is 7. The highest BCUT2D eigenvalue weighted by Crippen LogP contribution is 2.22. The van der Waals surface area contributed by atoms with Crippen molar-refractivity contribution in [2.24, 2.45) is 0 Å². The van der Waals surface area contributed by atoms with E-state index in [0.29, 0.717) is 11.4 Å². The number of amides is 1. The number of anilines is 1. The van der Waals surface area contributed by atoms with E-state index in [1.807, 2.05) is 0 Å². The fourth-order valence-corrected chi connectivity index (χ4v) is 6.07. The molecule has 0 spiro atoms. The summed E-state index contributed by atoms with van der Waals surface area (Å²) in [6.07, 6.45) is 0.235. The summed E-state index contributed by atoms with van der Waals surface area (Å²) in [5.41, 5.74) is -0.930. The molecule has 1 amide bonds. The van der Waals surface area contributed by atoms with E-state index in [4.69, 9.17) is 4.74 Å². The Labute approximate surface area is 180 Å². The van der Waals surface area contributed by atoms with Crippen LogP contribution in [0.25, 0.3) is 0 Å². The Bertz CT molecular complexity index is 1160. The first kappa shape index (κ1) is 23.2. The molecule has 2 aromatic carbocycles. The van der Waals surface area contributed by atoms with Crippen LogP contribution in [-0.2, 0) is 24.7 Å². The summed E-state index contributed by atoms with van der Waals surface area (Å²) in [6, 6.07) is 10.1. The molecule has 0 aliphatic carbocycles. The zero-order valence-electron chi connectivity index (χ0n) is 17.0. The molecule has 2 aromatic rings. The largest absolute Gasteiger partial charge is 0.478 e. The Morgan fingerprint density at radius 1 is 1.10 bits per heavy atom. The number of sulfonamides is 1. The average Bonchev–Trinajstić information content (AvgIpc) is 3.01. The lowest BCUT2D eigenvalue weighted by Gasteiger charge is -2.25. The van der Waals surface area contributed by atoms with Gasteiger partial charge in [-0.3, -0.25) is 4.79 Å². The molecule has 11 heteroatoms. The first-order chi connectivity index (χ1) is 14.4. The Balaban J connectivity index is 1.64. The van der Waals surface area contributed by atoms with Crippen LogP contribution in [0.5, 0.6) is 5.75 Å². The van der Waals surface area contributed by atoms with Crippen molar-refractivity contribution in [2.45, 2.75) is 36.8 Å². The van der Waals surface area contributed by atoms with Crippen molar-refractivity contribution in [1.82, 2.24) is 4.72 Å². The number of nitrogens with one attached hydrogen (secondary N) is 2. The molecule has 0 aromatic heterocycles. The second kappa shape index (κ2) is 8.56. The van der Waals surface area contributed by atoms with Gasteiger partial charge in [0.05, 0.1) is 16.4 Å². The lowest BCUT2D eigenvalue weighted by molar-refractivity contribution is -0.128. The van der Waals surface area contributed by atoms with Gasteiger partial charge in [0.2, 0.25) is 10.0 Å². The van der Waals surface area contributed by atoms with Crippen molar-refractivity contribution in [3.8, 4) is 5.75 Å². The van der Waals surface area contributed by atoms with Gasteiger partial charge in [0.1, 0.15) is 11.6 Å². The van der Waals surface area contributed by atoms with Gasteiger partial charge in [-0.1, -0.05) is 0 Å². The molecule has 0 radical (unpaired) electrons. The van der Waals surface area contributed by atoms with Crippen LogP contribution in [0, 0.1) is 5.82 Å². The Hall–Kier alpha value is -2.50. The maximum Gasteiger partial charge on any atom is 0.267 e. The fourth-order valence-electron chi connectivity index (χ4n) is 3.02. The SMILES string of the molecule is CC(C)(Oc1ccc(F)cc1)C(=O)Nc1ccc(S(=O)(=O)N[C@H]2CCS(=O)(=O)C2)cc1. The molecule has 1 aliphatic heterocycles. The molecular weight excluding hydrogens is 447 g/mol. The molecule has 3 rings (SSSR count). The van der Waals surface area contributed by atoms with E-state index in [-0.39, 0.29) is 22.8 Å². The first-order valence-corrected chi connectivity index (χ1v) is 12.8. The smallest absolute Gasteiger partial charge is 0.267 e. The number of hydrogen-bond donors (Lipinski definition) is 2. The molecule has 1 saturated heterocycles. The number of hydrogen-bond acceptors (Lipinski definition) is 6. The van der Waals surface area contributed by atoms with Crippen molar-refractivity contribution in [1.29, 1.82) is 0 Å². The minimum Gasteiger partial charge on any atom is -0.478 e. The van der Waals surface area contributed by atoms with E-state index >= 15 is 0 Å². The molecule has 8 nitrogen and oxygen atoms in total. The van der Waals surface area contributed by atoms with Crippen molar-refractivity contribution in [2.75, 3.05) is 16.8 Å². The third-order valence-electron chi connectivity index (χ3n) is 4.71. The van der Waals surface area contributed by atoms with Crippen LogP contribution in [0.3, 0.4) is 0 Å². The Morgan fingerprint density at radius 2 is 1.71 bits per heavy atom. The molecule has 0 unspecified atom stereocenters. The molecule has 2 N–H and O–H groups in total. The average molecular weight is 471 g/mol. The zero-order valence-corrected chi connectivity index (χ0v) is 18.6. The predicted molar refractivity (Wildman–Crippen MR) is 114 cm³/mol. The van der Waals surface area contributed by atoms with Gasteiger partial charge in [-0.15, -0.1) is 0 Å². The van der Waals surface area contributed by atoms with Gasteiger partial charge < -0.3 is 10.1 Å². The summed E-state index contributed by atoms with van der Waals surface area (Å²) >= 11 is 0. The van der Waals surface area contributed by atoms with E-state index in [1.165, 1.54) is 48.5 Å². The number of ether oxygens (including phenoxy) is 1. The topological polar surface area (TPSA) is 119 Å². The number of halogens is 1. The van der Waals surface area contributed by atoms with Crippen molar-refractivity contribution in [3.05, 3.63) is 54.3 Å². The summed E-state index contributed by atoms with van der Waals surface area (Å²) in [6.45, 7) is 3.09. The summed E-state index contributed by atoms with van der Waals surface area (Å²) in [4.78, 5) is 12.5. The van der Waals surface area contributed by atoms with Gasteiger partial charge in [-0.2, -0.15) is 0 Å². The second-order valence-corrected chi connectivity index (χ2v) is 11.7. The number of benzene rings is 2. The summed E-state index contributed by atoms with van der Waals surface area (Å²) < 4.78 is 69.0. The fraction of sp³-hybridized carbons (Fsp3) is 0.350. The maximum absolute atomic E-state index is 13.0. The molecule has 168 valence electrons. The van der Waals surface area contributed by atoms with Crippen LogP contribution >= 0.6 is 0 Å². The van der Waals surface area contributed by atoms with E-state index in [1.54, 1.807) is 13.8 Å². The minimum atomic E-state index is -3.89. The molecule has 0 saturated carbocycles. The van der Waals surface area contributed by atoms with Crippen LogP contribution in [-0.4, -0.2) is 45.9 Å². The van der Waals surface area contributed by atoms with Crippen LogP contribution in [0.4, 0.5) is 10.1 Å². The molecule has 1 atom stereocenters. The predicted octanol–water partition coefficient (Wildman–Crippen LogP) is 2.09. The third kappa shape index (κ3) is 6.02. The maximum atomic E-state index is 13.0. The Kier molecular flexibility index (Phi) is 6.40. The lowest BCUT2D eigenvalue weighted by Crippen LogP contribution is -2.42. The van der Waals surface area contributed by atoms with Crippen molar-refractivity contribution < 1.29 is 30.8 Å². The van der Waals surface area contributed by atoms with Gasteiger partial charge in [-0.25, -0.2) is 25.9 Å². The number of carbonyl (C=O) groups is 1. The highest BCUT2D eigenvalue weighted by Gasteiger charge is 2.32. The van der Waals surface area contributed by atoms with Crippen molar-refractivity contribution >= 4 is 31.5 Å². The van der Waals surface area contributed by atoms with E-state index in [9.17, 15) is 26.0 Å². The third-order valence-corrected chi connectivity index (χ3v) is 8.01.